The van der Waals surface area contributed by atoms with Crippen LogP contribution in [0, 0.1) is 11.3 Å². The zero-order chi connectivity index (χ0) is 24.8. The molecule has 7 nitrogen and oxygen atoms in total. The fourth-order valence-electron chi connectivity index (χ4n) is 4.46. The number of aromatic nitrogens is 4. The SMILES string of the molecule is COCn1cnc2c(/C(C#N)=C/NC(c3ccccc3)(c3ccccc3)c3ccccc3)ncnc21. The number of rotatable bonds is 8. The number of nitriles is 1. The lowest BCUT2D eigenvalue weighted by atomic mass is 9.77. The van der Waals surface area contributed by atoms with Crippen molar-refractivity contribution in [2.75, 3.05) is 7.11 Å². The summed E-state index contributed by atoms with van der Waals surface area (Å²) in [5, 5.41) is 13.8. The molecule has 0 fully saturated rings. The molecule has 0 unspecified atom stereocenters. The molecule has 7 heteroatoms. The molecule has 0 amide bonds. The Hall–Kier alpha value is -4.80. The van der Waals surface area contributed by atoms with E-state index >= 15 is 0 Å². The van der Waals surface area contributed by atoms with Crippen molar-refractivity contribution in [3.05, 3.63) is 132 Å². The lowest BCUT2D eigenvalue weighted by Crippen LogP contribution is -2.41. The van der Waals surface area contributed by atoms with E-state index in [1.807, 2.05) is 54.6 Å². The third-order valence-electron chi connectivity index (χ3n) is 6.10. The fourth-order valence-corrected chi connectivity index (χ4v) is 4.46. The number of allylic oxidation sites excluding steroid dienone is 1. The molecular weight excluding hydrogens is 448 g/mol. The lowest BCUT2D eigenvalue weighted by Gasteiger charge is -2.36. The highest BCUT2D eigenvalue weighted by Gasteiger charge is 2.35. The molecule has 0 aliphatic rings. The van der Waals surface area contributed by atoms with E-state index in [-0.39, 0.29) is 0 Å². The first-order valence-electron chi connectivity index (χ1n) is 11.5. The predicted molar refractivity (Wildman–Crippen MR) is 138 cm³/mol. The van der Waals surface area contributed by atoms with Gasteiger partial charge in [0.05, 0.1) is 11.9 Å². The first kappa shape index (κ1) is 23.0. The van der Waals surface area contributed by atoms with E-state index in [0.717, 1.165) is 16.7 Å². The second kappa shape index (κ2) is 10.2. The molecular formula is C29H24N6O. The Kier molecular flexibility index (Phi) is 6.52. The van der Waals surface area contributed by atoms with Gasteiger partial charge in [0.15, 0.2) is 5.65 Å². The summed E-state index contributed by atoms with van der Waals surface area (Å²) in [6, 6.07) is 32.9. The van der Waals surface area contributed by atoms with Crippen molar-refractivity contribution in [2.45, 2.75) is 12.3 Å². The van der Waals surface area contributed by atoms with Gasteiger partial charge in [-0.2, -0.15) is 5.26 Å². The molecule has 0 saturated carbocycles. The molecule has 2 heterocycles. The maximum atomic E-state index is 10.2. The summed E-state index contributed by atoms with van der Waals surface area (Å²) in [6.45, 7) is 0.302. The van der Waals surface area contributed by atoms with Gasteiger partial charge in [-0.15, -0.1) is 0 Å². The van der Waals surface area contributed by atoms with Crippen molar-refractivity contribution in [3.8, 4) is 6.07 Å². The van der Waals surface area contributed by atoms with Gasteiger partial charge in [-0.25, -0.2) is 15.0 Å². The van der Waals surface area contributed by atoms with Crippen LogP contribution in [-0.4, -0.2) is 26.6 Å². The first-order valence-corrected chi connectivity index (χ1v) is 11.5. The minimum atomic E-state index is -0.757. The predicted octanol–water partition coefficient (Wildman–Crippen LogP) is 4.88. The number of ether oxygens (including phenoxy) is 1. The summed E-state index contributed by atoms with van der Waals surface area (Å²) in [4.78, 5) is 13.2. The Labute approximate surface area is 209 Å². The average molecular weight is 473 g/mol. The number of hydrogen-bond donors (Lipinski definition) is 1. The van der Waals surface area contributed by atoms with Gasteiger partial charge in [0, 0.05) is 13.3 Å². The monoisotopic (exact) mass is 472 g/mol. The minimum Gasteiger partial charge on any atom is -0.373 e. The Morgan fingerprint density at radius 3 is 1.94 bits per heavy atom. The van der Waals surface area contributed by atoms with Crippen LogP contribution < -0.4 is 5.32 Å². The standard InChI is InChI=1S/C29H24N6O/c1-36-21-35-20-33-27-26(31-19-32-28(27)35)22(17-30)18-34-29(23-11-5-2-6-12-23,24-13-7-3-8-14-24)25-15-9-4-10-16-25/h2-16,18-20,34H,21H2,1H3/b22-18+. The molecule has 5 rings (SSSR count). The van der Waals surface area contributed by atoms with Gasteiger partial charge >= 0.3 is 0 Å². The van der Waals surface area contributed by atoms with E-state index in [4.69, 9.17) is 4.74 Å². The maximum Gasteiger partial charge on any atom is 0.165 e. The molecule has 3 aromatic carbocycles. The second-order valence-corrected chi connectivity index (χ2v) is 8.19. The molecule has 0 radical (unpaired) electrons. The maximum absolute atomic E-state index is 10.2. The van der Waals surface area contributed by atoms with Gasteiger partial charge in [-0.1, -0.05) is 91.0 Å². The minimum absolute atomic E-state index is 0.302. The van der Waals surface area contributed by atoms with Crippen molar-refractivity contribution in [1.29, 1.82) is 5.26 Å². The largest absolute Gasteiger partial charge is 0.373 e. The highest BCUT2D eigenvalue weighted by molar-refractivity contribution is 5.89. The summed E-state index contributed by atoms with van der Waals surface area (Å²) in [5.41, 5.74) is 4.28. The number of fused-ring (bicyclic) bond motifs is 1. The molecule has 0 aliphatic heterocycles. The number of hydrogen-bond acceptors (Lipinski definition) is 6. The van der Waals surface area contributed by atoms with E-state index in [1.54, 1.807) is 24.2 Å². The highest BCUT2D eigenvalue weighted by Crippen LogP contribution is 2.37. The zero-order valence-electron chi connectivity index (χ0n) is 19.7. The van der Waals surface area contributed by atoms with Crippen molar-refractivity contribution in [2.24, 2.45) is 0 Å². The molecule has 0 saturated heterocycles. The molecule has 0 aliphatic carbocycles. The average Bonchev–Trinajstić information content (AvgIpc) is 3.36. The van der Waals surface area contributed by atoms with Crippen LogP contribution in [0.5, 0.6) is 0 Å². The van der Waals surface area contributed by atoms with Gasteiger partial charge in [-0.3, -0.25) is 4.57 Å². The van der Waals surface area contributed by atoms with Crippen molar-refractivity contribution < 1.29 is 4.74 Å². The van der Waals surface area contributed by atoms with Gasteiger partial charge in [0.1, 0.15) is 35.9 Å². The van der Waals surface area contributed by atoms with Crippen LogP contribution in [0.3, 0.4) is 0 Å². The third-order valence-corrected chi connectivity index (χ3v) is 6.10. The first-order chi connectivity index (χ1) is 17.8. The Balaban J connectivity index is 1.69. The molecule has 1 N–H and O–H groups in total. The van der Waals surface area contributed by atoms with Gasteiger partial charge in [0.2, 0.25) is 0 Å². The lowest BCUT2D eigenvalue weighted by molar-refractivity contribution is 0.134. The summed E-state index contributed by atoms with van der Waals surface area (Å²) in [6.07, 6.45) is 4.80. The van der Waals surface area contributed by atoms with Crippen molar-refractivity contribution in [3.63, 3.8) is 0 Å². The van der Waals surface area contributed by atoms with Crippen molar-refractivity contribution >= 4 is 16.7 Å². The van der Waals surface area contributed by atoms with Crippen LogP contribution in [0.2, 0.25) is 0 Å². The van der Waals surface area contributed by atoms with Crippen LogP contribution in [0.25, 0.3) is 16.7 Å². The van der Waals surface area contributed by atoms with Gasteiger partial charge in [-0.05, 0) is 16.7 Å². The third kappa shape index (κ3) is 4.11. The summed E-state index contributed by atoms with van der Waals surface area (Å²) < 4.78 is 7.00. The van der Waals surface area contributed by atoms with Crippen LogP contribution >= 0.6 is 0 Å². The number of nitrogens with zero attached hydrogens (tertiary/aromatic N) is 5. The molecule has 36 heavy (non-hydrogen) atoms. The molecule has 5 aromatic rings. The molecule has 0 atom stereocenters. The topological polar surface area (TPSA) is 88.7 Å². The van der Waals surface area contributed by atoms with Crippen LogP contribution in [0.4, 0.5) is 0 Å². The van der Waals surface area contributed by atoms with E-state index < -0.39 is 5.54 Å². The Bertz CT molecular complexity index is 1430. The van der Waals surface area contributed by atoms with E-state index in [9.17, 15) is 5.26 Å². The molecule has 0 spiro atoms. The van der Waals surface area contributed by atoms with Gasteiger partial charge in [0.25, 0.3) is 0 Å². The molecule has 176 valence electrons. The molecule has 0 bridgehead atoms. The number of methoxy groups -OCH3 is 1. The zero-order valence-corrected chi connectivity index (χ0v) is 19.7. The summed E-state index contributed by atoms with van der Waals surface area (Å²) in [5.74, 6) is 0. The quantitative estimate of drug-likeness (QED) is 0.256. The Morgan fingerprint density at radius 1 is 0.889 bits per heavy atom. The van der Waals surface area contributed by atoms with E-state index in [2.05, 4.69) is 62.7 Å². The molecule has 2 aromatic heterocycles. The van der Waals surface area contributed by atoms with Crippen LogP contribution in [0.15, 0.2) is 110 Å². The summed E-state index contributed by atoms with van der Waals surface area (Å²) in [7, 11) is 1.61. The number of imidazole rings is 1. The van der Waals surface area contributed by atoms with Crippen LogP contribution in [0.1, 0.15) is 22.4 Å². The summed E-state index contributed by atoms with van der Waals surface area (Å²) >= 11 is 0. The van der Waals surface area contributed by atoms with Crippen LogP contribution in [-0.2, 0) is 17.0 Å². The van der Waals surface area contributed by atoms with Crippen molar-refractivity contribution in [1.82, 2.24) is 24.8 Å². The smallest absolute Gasteiger partial charge is 0.165 e. The number of benzene rings is 3. The van der Waals surface area contributed by atoms with Gasteiger partial charge < -0.3 is 10.1 Å². The fraction of sp³-hybridized carbons (Fsp3) is 0.103. The second-order valence-electron chi connectivity index (χ2n) is 8.19. The van der Waals surface area contributed by atoms with E-state index in [1.165, 1.54) is 6.33 Å². The Morgan fingerprint density at radius 2 is 1.44 bits per heavy atom. The number of nitrogens with one attached hydrogen (secondary N) is 1. The van der Waals surface area contributed by atoms with E-state index in [0.29, 0.717) is 29.2 Å². The normalized spacial score (nSPS) is 11.8. The highest BCUT2D eigenvalue weighted by atomic mass is 16.5.